The molecule has 18 heavy (non-hydrogen) atoms. The number of allylic oxidation sites excluding steroid dienone is 3. The highest BCUT2D eigenvalue weighted by Crippen LogP contribution is 2.18. The highest BCUT2D eigenvalue weighted by atomic mass is 19.1. The summed E-state index contributed by atoms with van der Waals surface area (Å²) in [5.74, 6) is -0.491. The van der Waals surface area contributed by atoms with Crippen LogP contribution in [0.3, 0.4) is 0 Å². The van der Waals surface area contributed by atoms with Gasteiger partial charge in [-0.25, -0.2) is 4.39 Å². The van der Waals surface area contributed by atoms with Gasteiger partial charge >= 0.3 is 0 Å². The molecule has 0 spiro atoms. The number of nitrogens with zero attached hydrogens (tertiary/aromatic N) is 1. The quantitative estimate of drug-likeness (QED) is 0.655. The summed E-state index contributed by atoms with van der Waals surface area (Å²) in [6.07, 6.45) is 5.23. The summed E-state index contributed by atoms with van der Waals surface area (Å²) in [5, 5.41) is 10.5. The Morgan fingerprint density at radius 3 is 3.00 bits per heavy atom. The van der Waals surface area contributed by atoms with Gasteiger partial charge in [0.25, 0.3) is 5.91 Å². The number of carbonyl (C=O) groups is 1. The number of alkyl halides is 1. The van der Waals surface area contributed by atoms with E-state index in [1.54, 1.807) is 19.1 Å². The molecule has 1 fully saturated rings. The molecule has 0 saturated carbocycles. The number of amides is 1. The fourth-order valence-electron chi connectivity index (χ4n) is 2.12. The van der Waals surface area contributed by atoms with Crippen molar-refractivity contribution in [3.63, 3.8) is 0 Å². The van der Waals surface area contributed by atoms with Crippen molar-refractivity contribution in [2.24, 2.45) is 5.92 Å². The maximum atomic E-state index is 13.2. The van der Waals surface area contributed by atoms with Crippen LogP contribution < -0.4 is 10.9 Å². The Bertz CT molecular complexity index is 384. The molecule has 1 aliphatic carbocycles. The summed E-state index contributed by atoms with van der Waals surface area (Å²) >= 11 is 0. The monoisotopic (exact) mass is 255 g/mol. The molecule has 6 heteroatoms. The van der Waals surface area contributed by atoms with Gasteiger partial charge in [-0.05, 0) is 25.0 Å². The van der Waals surface area contributed by atoms with E-state index in [0.29, 0.717) is 18.7 Å². The molecular weight excluding hydrogens is 237 g/mol. The molecule has 1 aliphatic heterocycles. The maximum Gasteiger partial charge on any atom is 0.258 e. The van der Waals surface area contributed by atoms with E-state index in [9.17, 15) is 14.4 Å². The number of hydrogen-bond donors (Lipinski definition) is 3. The summed E-state index contributed by atoms with van der Waals surface area (Å²) in [6, 6.07) is -0.503. The van der Waals surface area contributed by atoms with Crippen molar-refractivity contribution < 1.29 is 14.4 Å². The zero-order valence-corrected chi connectivity index (χ0v) is 10.3. The summed E-state index contributed by atoms with van der Waals surface area (Å²) < 4.78 is 13.2. The van der Waals surface area contributed by atoms with Crippen molar-refractivity contribution in [1.82, 2.24) is 15.9 Å². The third-order valence-corrected chi connectivity index (χ3v) is 3.26. The van der Waals surface area contributed by atoms with Crippen LogP contribution in [0.2, 0.25) is 0 Å². The Morgan fingerprint density at radius 2 is 2.39 bits per heavy atom. The molecule has 5 nitrogen and oxygen atoms in total. The van der Waals surface area contributed by atoms with E-state index in [1.165, 1.54) is 6.08 Å². The van der Waals surface area contributed by atoms with Crippen LogP contribution in [-0.4, -0.2) is 34.9 Å². The van der Waals surface area contributed by atoms with Crippen LogP contribution in [0, 0.1) is 5.92 Å². The van der Waals surface area contributed by atoms with E-state index in [1.807, 2.05) is 0 Å². The number of hydroxylamine groups is 2. The van der Waals surface area contributed by atoms with E-state index in [0.717, 1.165) is 11.5 Å². The fraction of sp³-hybridized carbons (Fsp3) is 0.583. The summed E-state index contributed by atoms with van der Waals surface area (Å²) in [6.45, 7) is 2.28. The molecule has 0 bridgehead atoms. The van der Waals surface area contributed by atoms with E-state index >= 15 is 0 Å². The first-order valence-electron chi connectivity index (χ1n) is 6.13. The number of rotatable bonds is 3. The van der Waals surface area contributed by atoms with Crippen LogP contribution >= 0.6 is 0 Å². The average molecular weight is 255 g/mol. The predicted molar refractivity (Wildman–Crippen MR) is 64.1 cm³/mol. The van der Waals surface area contributed by atoms with Crippen molar-refractivity contribution in [2.45, 2.75) is 32.0 Å². The molecule has 2 rings (SSSR count). The third kappa shape index (κ3) is 2.88. The molecule has 0 aromatic rings. The Labute approximate surface area is 105 Å². The molecule has 3 unspecified atom stereocenters. The topological polar surface area (TPSA) is 64.6 Å². The Hall–Kier alpha value is -1.40. The molecule has 3 N–H and O–H groups in total. The van der Waals surface area contributed by atoms with Crippen LogP contribution in [-0.2, 0) is 4.79 Å². The number of hydrazine groups is 1. The van der Waals surface area contributed by atoms with Crippen LogP contribution in [0.15, 0.2) is 23.9 Å². The zero-order chi connectivity index (χ0) is 13.1. The number of halogens is 1. The largest absolute Gasteiger partial charge is 0.313 e. The molecule has 1 heterocycles. The van der Waals surface area contributed by atoms with Gasteiger partial charge in [-0.1, -0.05) is 13.0 Å². The van der Waals surface area contributed by atoms with Gasteiger partial charge in [-0.2, -0.15) is 5.06 Å². The summed E-state index contributed by atoms with van der Waals surface area (Å²) in [5.41, 5.74) is 5.93. The van der Waals surface area contributed by atoms with Gasteiger partial charge in [-0.15, -0.1) is 0 Å². The average Bonchev–Trinajstić information content (AvgIpc) is 2.77. The zero-order valence-electron chi connectivity index (χ0n) is 10.3. The first-order chi connectivity index (χ1) is 8.58. The second kappa shape index (κ2) is 5.49. The van der Waals surface area contributed by atoms with Gasteiger partial charge in [0.1, 0.15) is 12.2 Å². The lowest BCUT2D eigenvalue weighted by Crippen LogP contribution is -2.47. The minimum absolute atomic E-state index is 0.213. The van der Waals surface area contributed by atoms with Gasteiger partial charge in [-0.3, -0.25) is 15.6 Å². The molecule has 0 aromatic heterocycles. The Balaban J connectivity index is 1.83. The first kappa shape index (κ1) is 13.0. The minimum atomic E-state index is -0.978. The van der Waals surface area contributed by atoms with Crippen molar-refractivity contribution >= 4 is 5.91 Å². The lowest BCUT2D eigenvalue weighted by Gasteiger charge is -2.20. The smallest absolute Gasteiger partial charge is 0.258 e. The third-order valence-electron chi connectivity index (χ3n) is 3.26. The molecule has 0 radical (unpaired) electrons. The normalized spacial score (nSPS) is 32.2. The molecular formula is C12H18FN3O2. The van der Waals surface area contributed by atoms with E-state index in [4.69, 9.17) is 0 Å². The Morgan fingerprint density at radius 1 is 1.61 bits per heavy atom. The first-order valence-corrected chi connectivity index (χ1v) is 6.13. The van der Waals surface area contributed by atoms with Gasteiger partial charge in [0, 0.05) is 12.5 Å². The number of carbonyl (C=O) groups excluding carboxylic acids is 1. The van der Waals surface area contributed by atoms with Crippen LogP contribution in [0.4, 0.5) is 4.39 Å². The van der Waals surface area contributed by atoms with Gasteiger partial charge in [0.15, 0.2) is 0 Å². The summed E-state index contributed by atoms with van der Waals surface area (Å²) in [4.78, 5) is 11.7. The maximum absolute atomic E-state index is 13.2. The SMILES string of the molecule is CC1C=C(NNC(=O)C2CCCN2O)C=CC1F. The molecule has 1 amide bonds. The fourth-order valence-corrected chi connectivity index (χ4v) is 2.12. The summed E-state index contributed by atoms with van der Waals surface area (Å²) in [7, 11) is 0. The van der Waals surface area contributed by atoms with E-state index in [-0.39, 0.29) is 11.8 Å². The van der Waals surface area contributed by atoms with E-state index in [2.05, 4.69) is 10.9 Å². The highest BCUT2D eigenvalue weighted by Gasteiger charge is 2.29. The molecule has 2 aliphatic rings. The van der Waals surface area contributed by atoms with Crippen LogP contribution in [0.5, 0.6) is 0 Å². The van der Waals surface area contributed by atoms with Crippen molar-refractivity contribution in [3.8, 4) is 0 Å². The lowest BCUT2D eigenvalue weighted by atomic mass is 10.00. The molecule has 1 saturated heterocycles. The van der Waals surface area contributed by atoms with E-state index < -0.39 is 12.2 Å². The van der Waals surface area contributed by atoms with Crippen molar-refractivity contribution in [3.05, 3.63) is 23.9 Å². The van der Waals surface area contributed by atoms with Gasteiger partial charge in [0.2, 0.25) is 0 Å². The van der Waals surface area contributed by atoms with Crippen LogP contribution in [0.1, 0.15) is 19.8 Å². The van der Waals surface area contributed by atoms with Gasteiger partial charge in [0.05, 0.1) is 5.70 Å². The predicted octanol–water partition coefficient (Wildman–Crippen LogP) is 0.889. The molecule has 100 valence electrons. The van der Waals surface area contributed by atoms with Crippen LogP contribution in [0.25, 0.3) is 0 Å². The molecule has 3 atom stereocenters. The van der Waals surface area contributed by atoms with Crippen molar-refractivity contribution in [2.75, 3.05) is 6.54 Å². The Kier molecular flexibility index (Phi) is 3.98. The van der Waals surface area contributed by atoms with Gasteiger partial charge < -0.3 is 5.21 Å². The standard InChI is InChI=1S/C12H18FN3O2/c1-8-7-9(4-5-10(8)13)14-15-12(17)11-3-2-6-16(11)18/h4-5,7-8,10-11,14,18H,2-3,6H2,1H3,(H,15,17). The number of nitrogens with one attached hydrogen (secondary N) is 2. The number of hydrogen-bond acceptors (Lipinski definition) is 4. The second-order valence-electron chi connectivity index (χ2n) is 4.72. The second-order valence-corrected chi connectivity index (χ2v) is 4.72. The highest BCUT2D eigenvalue weighted by molar-refractivity contribution is 5.81. The lowest BCUT2D eigenvalue weighted by molar-refractivity contribution is -0.146. The minimum Gasteiger partial charge on any atom is -0.313 e. The molecule has 0 aromatic carbocycles. The van der Waals surface area contributed by atoms with Crippen molar-refractivity contribution in [1.29, 1.82) is 0 Å².